The molecule has 1 amide bonds. The van der Waals surface area contributed by atoms with Gasteiger partial charge in [0.15, 0.2) is 5.82 Å². The fourth-order valence-electron chi connectivity index (χ4n) is 3.86. The SMILES string of the molecule is CC(C)[C@@H](NC(=O)c1ccccn1)c1nnc2n1CCN(Cc1ccccc1)CC2. The average molecular weight is 405 g/mol. The number of rotatable bonds is 6. The first-order valence-electron chi connectivity index (χ1n) is 10.5. The lowest BCUT2D eigenvalue weighted by Crippen LogP contribution is -2.34. The molecule has 7 nitrogen and oxygen atoms in total. The molecule has 7 heteroatoms. The molecule has 156 valence electrons. The third-order valence-electron chi connectivity index (χ3n) is 5.53. The summed E-state index contributed by atoms with van der Waals surface area (Å²) < 4.78 is 2.19. The molecule has 3 aromatic rings. The van der Waals surface area contributed by atoms with Gasteiger partial charge >= 0.3 is 0 Å². The van der Waals surface area contributed by atoms with Gasteiger partial charge in [-0.2, -0.15) is 0 Å². The molecule has 0 radical (unpaired) electrons. The van der Waals surface area contributed by atoms with Crippen LogP contribution in [0.1, 0.15) is 47.6 Å². The Bertz CT molecular complexity index is 970. The number of fused-ring (bicyclic) bond motifs is 1. The predicted octanol–water partition coefficient (Wildman–Crippen LogP) is 2.86. The van der Waals surface area contributed by atoms with E-state index < -0.39 is 0 Å². The zero-order chi connectivity index (χ0) is 20.9. The van der Waals surface area contributed by atoms with E-state index in [-0.39, 0.29) is 17.9 Å². The van der Waals surface area contributed by atoms with Crippen LogP contribution in [0, 0.1) is 5.92 Å². The summed E-state index contributed by atoms with van der Waals surface area (Å²) in [7, 11) is 0. The van der Waals surface area contributed by atoms with Crippen molar-refractivity contribution in [3.8, 4) is 0 Å². The third kappa shape index (κ3) is 4.57. The maximum Gasteiger partial charge on any atom is 0.270 e. The molecule has 4 rings (SSSR count). The van der Waals surface area contributed by atoms with Gasteiger partial charge in [0, 0.05) is 38.8 Å². The van der Waals surface area contributed by atoms with E-state index in [9.17, 15) is 4.79 Å². The maximum atomic E-state index is 12.7. The fraction of sp³-hybridized carbons (Fsp3) is 0.391. The maximum absolute atomic E-state index is 12.7. The Morgan fingerprint density at radius 2 is 1.83 bits per heavy atom. The highest BCUT2D eigenvalue weighted by Gasteiger charge is 2.28. The number of hydrogen-bond donors (Lipinski definition) is 1. The number of carbonyl (C=O) groups excluding carboxylic acids is 1. The average Bonchev–Trinajstić information content (AvgIpc) is 3.06. The molecular weight excluding hydrogens is 376 g/mol. The molecule has 0 spiro atoms. The van der Waals surface area contributed by atoms with E-state index in [4.69, 9.17) is 0 Å². The fourth-order valence-corrected chi connectivity index (χ4v) is 3.86. The first kappa shape index (κ1) is 20.2. The summed E-state index contributed by atoms with van der Waals surface area (Å²) in [6.45, 7) is 7.78. The van der Waals surface area contributed by atoms with E-state index in [2.05, 4.69) is 68.1 Å². The van der Waals surface area contributed by atoms with Crippen LogP contribution in [0.4, 0.5) is 0 Å². The van der Waals surface area contributed by atoms with Crippen LogP contribution in [0.25, 0.3) is 0 Å². The number of nitrogens with one attached hydrogen (secondary N) is 1. The normalized spacial score (nSPS) is 15.4. The van der Waals surface area contributed by atoms with Gasteiger partial charge in [0.25, 0.3) is 5.91 Å². The van der Waals surface area contributed by atoms with Gasteiger partial charge in [0.2, 0.25) is 0 Å². The molecule has 1 aromatic carbocycles. The van der Waals surface area contributed by atoms with Gasteiger partial charge in [0.05, 0.1) is 6.04 Å². The van der Waals surface area contributed by atoms with Crippen LogP contribution in [0.5, 0.6) is 0 Å². The Kier molecular flexibility index (Phi) is 6.18. The van der Waals surface area contributed by atoms with Crippen molar-refractivity contribution in [2.24, 2.45) is 5.92 Å². The second-order valence-corrected chi connectivity index (χ2v) is 8.05. The highest BCUT2D eigenvalue weighted by atomic mass is 16.2. The first-order valence-corrected chi connectivity index (χ1v) is 10.5. The van der Waals surface area contributed by atoms with E-state index in [0.29, 0.717) is 5.69 Å². The quantitative estimate of drug-likeness (QED) is 0.684. The molecule has 1 N–H and O–H groups in total. The summed E-state index contributed by atoms with van der Waals surface area (Å²) in [5.41, 5.74) is 1.73. The zero-order valence-electron chi connectivity index (χ0n) is 17.5. The zero-order valence-corrected chi connectivity index (χ0v) is 17.5. The van der Waals surface area contributed by atoms with Gasteiger partial charge in [-0.25, -0.2) is 0 Å². The monoisotopic (exact) mass is 404 g/mol. The lowest BCUT2D eigenvalue weighted by Gasteiger charge is -2.23. The van der Waals surface area contributed by atoms with Gasteiger partial charge in [-0.05, 0) is 23.6 Å². The Labute approximate surface area is 177 Å². The summed E-state index contributed by atoms with van der Waals surface area (Å²) in [5.74, 6) is 1.80. The summed E-state index contributed by atoms with van der Waals surface area (Å²) in [6.07, 6.45) is 2.47. The second-order valence-electron chi connectivity index (χ2n) is 8.05. The Morgan fingerprint density at radius 3 is 2.57 bits per heavy atom. The predicted molar refractivity (Wildman–Crippen MR) is 115 cm³/mol. The smallest absolute Gasteiger partial charge is 0.270 e. The van der Waals surface area contributed by atoms with E-state index in [1.165, 1.54) is 5.56 Å². The number of carbonyl (C=O) groups is 1. The molecule has 3 heterocycles. The summed E-state index contributed by atoms with van der Waals surface area (Å²) >= 11 is 0. The van der Waals surface area contributed by atoms with Crippen LogP contribution in [0.3, 0.4) is 0 Å². The molecular formula is C23H28N6O. The molecule has 0 saturated carbocycles. The van der Waals surface area contributed by atoms with Gasteiger partial charge in [0.1, 0.15) is 11.5 Å². The molecule has 1 aliphatic heterocycles. The van der Waals surface area contributed by atoms with Crippen LogP contribution in [0.2, 0.25) is 0 Å². The highest BCUT2D eigenvalue weighted by molar-refractivity contribution is 5.92. The molecule has 0 aliphatic carbocycles. The molecule has 0 bridgehead atoms. The molecule has 2 aromatic heterocycles. The number of aromatic nitrogens is 4. The van der Waals surface area contributed by atoms with Gasteiger partial charge in [-0.3, -0.25) is 14.7 Å². The molecule has 0 fully saturated rings. The van der Waals surface area contributed by atoms with E-state index >= 15 is 0 Å². The van der Waals surface area contributed by atoms with Crippen LogP contribution >= 0.6 is 0 Å². The van der Waals surface area contributed by atoms with Crippen molar-refractivity contribution in [1.82, 2.24) is 30.0 Å². The van der Waals surface area contributed by atoms with E-state index in [1.807, 2.05) is 12.1 Å². The number of nitrogens with zero attached hydrogens (tertiary/aromatic N) is 5. The largest absolute Gasteiger partial charge is 0.340 e. The lowest BCUT2D eigenvalue weighted by atomic mass is 10.0. The molecule has 1 atom stereocenters. The Balaban J connectivity index is 1.49. The lowest BCUT2D eigenvalue weighted by molar-refractivity contribution is 0.0916. The topological polar surface area (TPSA) is 75.9 Å². The van der Waals surface area contributed by atoms with Gasteiger partial charge < -0.3 is 9.88 Å². The minimum absolute atomic E-state index is 0.176. The highest BCUT2D eigenvalue weighted by Crippen LogP contribution is 2.23. The van der Waals surface area contributed by atoms with Crippen LogP contribution in [0.15, 0.2) is 54.7 Å². The van der Waals surface area contributed by atoms with Gasteiger partial charge in [-0.1, -0.05) is 50.2 Å². The summed E-state index contributed by atoms with van der Waals surface area (Å²) in [4.78, 5) is 19.3. The Hall–Kier alpha value is -3.06. The van der Waals surface area contributed by atoms with Crippen molar-refractivity contribution < 1.29 is 4.79 Å². The molecule has 1 aliphatic rings. The second kappa shape index (κ2) is 9.17. The van der Waals surface area contributed by atoms with Crippen molar-refractivity contribution >= 4 is 5.91 Å². The van der Waals surface area contributed by atoms with E-state index in [1.54, 1.807) is 18.3 Å². The van der Waals surface area contributed by atoms with E-state index in [0.717, 1.165) is 44.2 Å². The van der Waals surface area contributed by atoms with Crippen molar-refractivity contribution in [3.05, 3.63) is 77.6 Å². The van der Waals surface area contributed by atoms with Crippen molar-refractivity contribution in [2.45, 2.75) is 39.4 Å². The number of benzene rings is 1. The van der Waals surface area contributed by atoms with Crippen LogP contribution in [-0.2, 0) is 19.5 Å². The number of amides is 1. The number of hydrogen-bond acceptors (Lipinski definition) is 5. The Morgan fingerprint density at radius 1 is 1.03 bits per heavy atom. The summed E-state index contributed by atoms with van der Waals surface area (Å²) in [6, 6.07) is 15.7. The van der Waals surface area contributed by atoms with Gasteiger partial charge in [-0.15, -0.1) is 10.2 Å². The molecule has 0 unspecified atom stereocenters. The van der Waals surface area contributed by atoms with Crippen LogP contribution in [-0.4, -0.2) is 43.6 Å². The van der Waals surface area contributed by atoms with Crippen molar-refractivity contribution in [3.63, 3.8) is 0 Å². The van der Waals surface area contributed by atoms with Crippen LogP contribution < -0.4 is 5.32 Å². The standard InChI is InChI=1S/C23H28N6O/c1-17(2)21(25-23(30)19-10-6-7-12-24-19)22-27-26-20-11-13-28(14-15-29(20)22)16-18-8-4-3-5-9-18/h3-10,12,17,21H,11,13-16H2,1-2H3,(H,25,30)/t21-/m1/s1. The minimum atomic E-state index is -0.221. The molecule has 30 heavy (non-hydrogen) atoms. The summed E-state index contributed by atoms with van der Waals surface area (Å²) in [5, 5.41) is 12.1. The molecule has 0 saturated heterocycles. The van der Waals surface area contributed by atoms with Crippen molar-refractivity contribution in [1.29, 1.82) is 0 Å². The number of pyridine rings is 1. The van der Waals surface area contributed by atoms with Crippen molar-refractivity contribution in [2.75, 3.05) is 13.1 Å². The minimum Gasteiger partial charge on any atom is -0.340 e. The first-order chi connectivity index (χ1) is 14.6. The third-order valence-corrected chi connectivity index (χ3v) is 5.53.